The van der Waals surface area contributed by atoms with Crippen LogP contribution in [0.15, 0.2) is 30.3 Å². The van der Waals surface area contributed by atoms with Gasteiger partial charge in [0.25, 0.3) is 0 Å². The van der Waals surface area contributed by atoms with E-state index in [-0.39, 0.29) is 11.2 Å². The second kappa shape index (κ2) is 4.36. The maximum Gasteiger partial charge on any atom is 0.222 e. The van der Waals surface area contributed by atoms with E-state index in [1.54, 1.807) is 12.1 Å². The molecule has 2 rings (SSSR count). The largest absolute Gasteiger partial charge is 0.345 e. The molecule has 86 valence electrons. The Morgan fingerprint density at radius 2 is 1.75 bits per heavy atom. The van der Waals surface area contributed by atoms with Gasteiger partial charge in [-0.3, -0.25) is 4.79 Å². The zero-order valence-corrected chi connectivity index (χ0v) is 9.60. The van der Waals surface area contributed by atoms with Gasteiger partial charge in [-0.1, -0.05) is 44.2 Å². The predicted molar refractivity (Wildman–Crippen MR) is 60.2 cm³/mol. The van der Waals surface area contributed by atoms with Gasteiger partial charge in [0.05, 0.1) is 13.2 Å². The van der Waals surface area contributed by atoms with Crippen LogP contribution in [0.5, 0.6) is 0 Å². The molecule has 0 aliphatic carbocycles. The molecule has 1 aliphatic rings. The van der Waals surface area contributed by atoms with Crippen LogP contribution in [0.2, 0.25) is 0 Å². The third-order valence-corrected chi connectivity index (χ3v) is 2.52. The molecule has 0 unspecified atom stereocenters. The van der Waals surface area contributed by atoms with Gasteiger partial charge in [-0.05, 0) is 0 Å². The average Bonchev–Trinajstić information content (AvgIpc) is 2.29. The molecule has 1 heterocycles. The molecule has 0 atom stereocenters. The Hall–Kier alpha value is -1.19. The average molecular weight is 220 g/mol. The molecule has 3 heteroatoms. The summed E-state index contributed by atoms with van der Waals surface area (Å²) in [5.41, 5.74) is 0.625. The molecule has 1 fully saturated rings. The Morgan fingerprint density at radius 1 is 1.19 bits per heavy atom. The van der Waals surface area contributed by atoms with Gasteiger partial charge in [0.2, 0.25) is 12.1 Å². The fraction of sp³-hybridized carbons (Fsp3) is 0.462. The quantitative estimate of drug-likeness (QED) is 0.717. The number of hydrogen-bond acceptors (Lipinski definition) is 3. The van der Waals surface area contributed by atoms with Crippen LogP contribution in [0, 0.1) is 5.41 Å². The van der Waals surface area contributed by atoms with Crippen molar-refractivity contribution in [3.05, 3.63) is 35.9 Å². The Bertz CT molecular complexity index is 360. The van der Waals surface area contributed by atoms with E-state index in [2.05, 4.69) is 13.8 Å². The van der Waals surface area contributed by atoms with Crippen LogP contribution in [0.25, 0.3) is 0 Å². The lowest BCUT2D eigenvalue weighted by atomic mass is 9.95. The summed E-state index contributed by atoms with van der Waals surface area (Å²) in [5.74, 6) is -0.101. The minimum absolute atomic E-state index is 0.00648. The van der Waals surface area contributed by atoms with E-state index >= 15 is 0 Å². The summed E-state index contributed by atoms with van der Waals surface area (Å²) in [6.45, 7) is 5.21. The highest BCUT2D eigenvalue weighted by Crippen LogP contribution is 2.24. The molecular weight excluding hydrogens is 204 g/mol. The molecule has 0 saturated carbocycles. The molecule has 0 N–H and O–H groups in total. The van der Waals surface area contributed by atoms with Crippen LogP contribution in [0.4, 0.5) is 0 Å². The van der Waals surface area contributed by atoms with Crippen molar-refractivity contribution >= 4 is 5.78 Å². The zero-order valence-electron chi connectivity index (χ0n) is 9.60. The van der Waals surface area contributed by atoms with E-state index in [0.29, 0.717) is 18.8 Å². The smallest absolute Gasteiger partial charge is 0.222 e. The highest BCUT2D eigenvalue weighted by Gasteiger charge is 2.32. The van der Waals surface area contributed by atoms with E-state index in [1.807, 2.05) is 18.2 Å². The summed E-state index contributed by atoms with van der Waals surface area (Å²) < 4.78 is 10.9. The molecule has 1 aliphatic heterocycles. The van der Waals surface area contributed by atoms with Gasteiger partial charge in [0.15, 0.2) is 0 Å². The molecule has 1 aromatic carbocycles. The molecule has 0 spiro atoms. The molecular formula is C13H16O3. The van der Waals surface area contributed by atoms with Gasteiger partial charge >= 0.3 is 0 Å². The Labute approximate surface area is 95.4 Å². The number of ether oxygens (including phenoxy) is 2. The van der Waals surface area contributed by atoms with Crippen molar-refractivity contribution < 1.29 is 14.3 Å². The van der Waals surface area contributed by atoms with Gasteiger partial charge in [-0.2, -0.15) is 0 Å². The lowest BCUT2D eigenvalue weighted by Crippen LogP contribution is -2.41. The van der Waals surface area contributed by atoms with Crippen LogP contribution < -0.4 is 0 Å². The molecule has 0 amide bonds. The number of Topliss-reactive ketones (excluding diaryl/α,β-unsaturated/α-hetero) is 1. The van der Waals surface area contributed by atoms with Crippen molar-refractivity contribution in [2.24, 2.45) is 5.41 Å². The Balaban J connectivity index is 2.03. The highest BCUT2D eigenvalue weighted by atomic mass is 16.7. The Morgan fingerprint density at radius 3 is 2.31 bits per heavy atom. The van der Waals surface area contributed by atoms with Gasteiger partial charge in [-0.15, -0.1) is 0 Å². The number of carbonyl (C=O) groups is 1. The van der Waals surface area contributed by atoms with Crippen molar-refractivity contribution in [3.63, 3.8) is 0 Å². The summed E-state index contributed by atoms with van der Waals surface area (Å²) in [6.07, 6.45) is -0.740. The SMILES string of the molecule is CC1(C)COC(C(=O)c2ccccc2)OC1. The van der Waals surface area contributed by atoms with Crippen LogP contribution in [0.1, 0.15) is 24.2 Å². The van der Waals surface area contributed by atoms with Crippen molar-refractivity contribution in [1.82, 2.24) is 0 Å². The number of rotatable bonds is 2. The van der Waals surface area contributed by atoms with Gasteiger partial charge in [-0.25, -0.2) is 0 Å². The minimum atomic E-state index is -0.740. The van der Waals surface area contributed by atoms with Gasteiger partial charge in [0.1, 0.15) is 0 Å². The fourth-order valence-electron chi connectivity index (χ4n) is 1.58. The van der Waals surface area contributed by atoms with Crippen molar-refractivity contribution in [2.75, 3.05) is 13.2 Å². The number of benzene rings is 1. The second-order valence-corrected chi connectivity index (χ2v) is 4.85. The molecule has 0 radical (unpaired) electrons. The number of ketones is 1. The number of hydrogen-bond donors (Lipinski definition) is 0. The first-order chi connectivity index (χ1) is 7.58. The van der Waals surface area contributed by atoms with E-state index in [9.17, 15) is 4.79 Å². The van der Waals surface area contributed by atoms with Crippen molar-refractivity contribution in [3.8, 4) is 0 Å². The first-order valence-corrected chi connectivity index (χ1v) is 5.41. The normalized spacial score (nSPS) is 20.6. The van der Waals surface area contributed by atoms with Gasteiger partial charge in [0, 0.05) is 11.0 Å². The molecule has 3 nitrogen and oxygen atoms in total. The maximum absolute atomic E-state index is 12.0. The minimum Gasteiger partial charge on any atom is -0.345 e. The van der Waals surface area contributed by atoms with Gasteiger partial charge < -0.3 is 9.47 Å². The summed E-state index contributed by atoms with van der Waals surface area (Å²) in [7, 11) is 0. The molecule has 1 aromatic rings. The van der Waals surface area contributed by atoms with Crippen molar-refractivity contribution in [2.45, 2.75) is 20.1 Å². The van der Waals surface area contributed by atoms with E-state index in [4.69, 9.17) is 9.47 Å². The summed E-state index contributed by atoms with van der Waals surface area (Å²) in [5, 5.41) is 0. The fourth-order valence-corrected chi connectivity index (χ4v) is 1.58. The molecule has 0 bridgehead atoms. The Kier molecular flexibility index (Phi) is 3.08. The molecule has 1 saturated heterocycles. The lowest BCUT2D eigenvalue weighted by molar-refractivity contribution is -0.196. The summed E-state index contributed by atoms with van der Waals surface area (Å²) in [6, 6.07) is 9.09. The van der Waals surface area contributed by atoms with Crippen molar-refractivity contribution in [1.29, 1.82) is 0 Å². The first kappa shape index (κ1) is 11.3. The standard InChI is InChI=1S/C13H16O3/c1-13(2)8-15-12(16-9-13)11(14)10-6-4-3-5-7-10/h3-7,12H,8-9H2,1-2H3. The summed E-state index contributed by atoms with van der Waals surface area (Å²) >= 11 is 0. The zero-order chi connectivity index (χ0) is 11.6. The third kappa shape index (κ3) is 2.49. The monoisotopic (exact) mass is 220 g/mol. The van der Waals surface area contributed by atoms with E-state index in [1.165, 1.54) is 0 Å². The predicted octanol–water partition coefficient (Wildman–Crippen LogP) is 2.27. The highest BCUT2D eigenvalue weighted by molar-refractivity contribution is 5.98. The van der Waals surface area contributed by atoms with Crippen LogP contribution in [-0.2, 0) is 9.47 Å². The summed E-state index contributed by atoms with van der Waals surface area (Å²) in [4.78, 5) is 12.0. The lowest BCUT2D eigenvalue weighted by Gasteiger charge is -2.33. The first-order valence-electron chi connectivity index (χ1n) is 5.41. The third-order valence-electron chi connectivity index (χ3n) is 2.52. The molecule has 0 aromatic heterocycles. The van der Waals surface area contributed by atoms with Crippen LogP contribution in [0.3, 0.4) is 0 Å². The molecule has 16 heavy (non-hydrogen) atoms. The van der Waals surface area contributed by atoms with Crippen LogP contribution in [-0.4, -0.2) is 25.3 Å². The second-order valence-electron chi connectivity index (χ2n) is 4.85. The van der Waals surface area contributed by atoms with Crippen LogP contribution >= 0.6 is 0 Å². The topological polar surface area (TPSA) is 35.5 Å². The number of carbonyl (C=O) groups excluding carboxylic acids is 1. The maximum atomic E-state index is 12.0. The van der Waals surface area contributed by atoms with E-state index < -0.39 is 6.29 Å². The van der Waals surface area contributed by atoms with E-state index in [0.717, 1.165) is 0 Å².